The van der Waals surface area contributed by atoms with Gasteiger partial charge in [0.05, 0.1) is 12.6 Å². The van der Waals surface area contributed by atoms with Crippen molar-refractivity contribution in [3.8, 4) is 0 Å². The summed E-state index contributed by atoms with van der Waals surface area (Å²) >= 11 is 0. The van der Waals surface area contributed by atoms with Crippen molar-refractivity contribution in [2.75, 3.05) is 6.61 Å². The summed E-state index contributed by atoms with van der Waals surface area (Å²) in [5, 5.41) is 16.9. The minimum absolute atomic E-state index is 0.157. The summed E-state index contributed by atoms with van der Waals surface area (Å²) in [7, 11) is 0. The molecule has 7 heteroatoms. The van der Waals surface area contributed by atoms with Crippen LogP contribution in [0.3, 0.4) is 0 Å². The average molecular weight is 301 g/mol. The second-order valence-corrected chi connectivity index (χ2v) is 5.32. The third kappa shape index (κ3) is 2.99. The minimum atomic E-state index is -0.573. The molecule has 0 fully saturated rings. The van der Waals surface area contributed by atoms with E-state index in [1.54, 1.807) is 0 Å². The largest absolute Gasteiger partial charge is 0.363 e. The molecule has 116 valence electrons. The first kappa shape index (κ1) is 14.6. The van der Waals surface area contributed by atoms with Gasteiger partial charge >= 0.3 is 0 Å². The molecule has 0 saturated carbocycles. The van der Waals surface area contributed by atoms with Crippen molar-refractivity contribution in [2.24, 2.45) is 0 Å². The molecule has 0 spiro atoms. The fourth-order valence-corrected chi connectivity index (χ4v) is 2.73. The number of H-pyrrole nitrogens is 1. The smallest absolute Gasteiger partial charge is 0.254 e. The van der Waals surface area contributed by atoms with E-state index >= 15 is 0 Å². The van der Waals surface area contributed by atoms with E-state index in [-0.39, 0.29) is 11.9 Å². The minimum Gasteiger partial charge on any atom is -0.363 e. The SMILES string of the molecule is CCC[C@@H](NC(=O)[C@H]1OCCc2ccccc21)c1nn[nH]n1. The number of fused-ring (bicyclic) bond motifs is 1. The number of hydrogen-bond donors (Lipinski definition) is 2. The van der Waals surface area contributed by atoms with Crippen LogP contribution in [0, 0.1) is 0 Å². The Hall–Kier alpha value is -2.28. The molecule has 2 N–H and O–H groups in total. The highest BCUT2D eigenvalue weighted by molar-refractivity contribution is 5.83. The van der Waals surface area contributed by atoms with Crippen LogP contribution < -0.4 is 5.32 Å². The molecule has 0 unspecified atom stereocenters. The summed E-state index contributed by atoms with van der Waals surface area (Å²) in [6.45, 7) is 2.60. The van der Waals surface area contributed by atoms with Gasteiger partial charge in [0.1, 0.15) is 0 Å². The first-order valence-electron chi connectivity index (χ1n) is 7.52. The van der Waals surface area contributed by atoms with E-state index in [2.05, 4.69) is 25.9 Å². The van der Waals surface area contributed by atoms with Gasteiger partial charge in [0.15, 0.2) is 11.9 Å². The van der Waals surface area contributed by atoms with Crippen LogP contribution in [-0.2, 0) is 16.0 Å². The lowest BCUT2D eigenvalue weighted by Gasteiger charge is -2.26. The zero-order valence-electron chi connectivity index (χ0n) is 12.5. The number of nitrogens with one attached hydrogen (secondary N) is 2. The van der Waals surface area contributed by atoms with E-state index in [9.17, 15) is 4.79 Å². The summed E-state index contributed by atoms with van der Waals surface area (Å²) in [4.78, 5) is 12.6. The Morgan fingerprint density at radius 1 is 1.50 bits per heavy atom. The van der Waals surface area contributed by atoms with Gasteiger partial charge in [0.2, 0.25) is 0 Å². The third-order valence-electron chi connectivity index (χ3n) is 3.80. The summed E-state index contributed by atoms with van der Waals surface area (Å²) in [5.41, 5.74) is 2.11. The zero-order valence-corrected chi connectivity index (χ0v) is 12.5. The number of nitrogens with zero attached hydrogens (tertiary/aromatic N) is 3. The number of amides is 1. The molecule has 1 aliphatic rings. The lowest BCUT2D eigenvalue weighted by molar-refractivity contribution is -0.135. The van der Waals surface area contributed by atoms with Crippen LogP contribution in [-0.4, -0.2) is 33.1 Å². The average Bonchev–Trinajstić information content (AvgIpc) is 3.08. The van der Waals surface area contributed by atoms with Crippen LogP contribution in [0.25, 0.3) is 0 Å². The molecule has 1 aromatic carbocycles. The summed E-state index contributed by atoms with van der Waals surface area (Å²) in [5.74, 6) is 0.342. The van der Waals surface area contributed by atoms with Crippen LogP contribution in [0.5, 0.6) is 0 Å². The Morgan fingerprint density at radius 3 is 3.14 bits per heavy atom. The first-order chi connectivity index (χ1) is 10.8. The summed E-state index contributed by atoms with van der Waals surface area (Å²) in [6, 6.07) is 7.64. The van der Waals surface area contributed by atoms with Crippen molar-refractivity contribution >= 4 is 5.91 Å². The quantitative estimate of drug-likeness (QED) is 0.872. The van der Waals surface area contributed by atoms with Crippen LogP contribution in [0.1, 0.15) is 48.9 Å². The highest BCUT2D eigenvalue weighted by atomic mass is 16.5. The fraction of sp³-hybridized carbons (Fsp3) is 0.467. The molecule has 1 aliphatic heterocycles. The molecular weight excluding hydrogens is 282 g/mol. The standard InChI is InChI=1S/C15H19N5O2/c1-2-5-12(14-17-19-20-18-14)16-15(21)13-11-7-4-3-6-10(11)8-9-22-13/h3-4,6-7,12-13H,2,5,8-9H2,1H3,(H,16,21)(H,17,18,19,20)/t12-,13+/m1/s1. The number of aromatic amines is 1. The monoisotopic (exact) mass is 301 g/mol. The van der Waals surface area contributed by atoms with E-state index in [4.69, 9.17) is 4.74 Å². The predicted molar refractivity (Wildman–Crippen MR) is 78.8 cm³/mol. The van der Waals surface area contributed by atoms with Gasteiger partial charge in [0, 0.05) is 0 Å². The molecule has 7 nitrogen and oxygen atoms in total. The van der Waals surface area contributed by atoms with Crippen molar-refractivity contribution < 1.29 is 9.53 Å². The van der Waals surface area contributed by atoms with Crippen LogP contribution in [0.2, 0.25) is 0 Å². The molecule has 3 rings (SSSR count). The molecule has 2 aromatic rings. The van der Waals surface area contributed by atoms with Crippen molar-refractivity contribution in [1.29, 1.82) is 0 Å². The van der Waals surface area contributed by atoms with Crippen LogP contribution >= 0.6 is 0 Å². The molecule has 1 aromatic heterocycles. The maximum Gasteiger partial charge on any atom is 0.254 e. The molecule has 0 bridgehead atoms. The normalized spacial score (nSPS) is 18.5. The lowest BCUT2D eigenvalue weighted by atomic mass is 9.97. The van der Waals surface area contributed by atoms with Crippen LogP contribution in [0.15, 0.2) is 24.3 Å². The topological polar surface area (TPSA) is 92.8 Å². The molecule has 0 saturated heterocycles. The van der Waals surface area contributed by atoms with Crippen LogP contribution in [0.4, 0.5) is 0 Å². The van der Waals surface area contributed by atoms with E-state index in [1.165, 1.54) is 5.56 Å². The number of benzene rings is 1. The molecule has 0 aliphatic carbocycles. The number of tetrazole rings is 1. The summed E-state index contributed by atoms with van der Waals surface area (Å²) in [6.07, 6.45) is 1.92. The molecular formula is C15H19N5O2. The maximum atomic E-state index is 12.6. The van der Waals surface area contributed by atoms with E-state index < -0.39 is 6.10 Å². The molecule has 2 atom stereocenters. The number of rotatable bonds is 5. The first-order valence-corrected chi connectivity index (χ1v) is 7.52. The Morgan fingerprint density at radius 2 is 2.36 bits per heavy atom. The van der Waals surface area contributed by atoms with Gasteiger partial charge in [-0.1, -0.05) is 42.8 Å². The highest BCUT2D eigenvalue weighted by Crippen LogP contribution is 2.28. The Labute approximate surface area is 128 Å². The number of hydrogen-bond acceptors (Lipinski definition) is 5. The number of ether oxygens (including phenoxy) is 1. The van der Waals surface area contributed by atoms with Gasteiger partial charge in [-0.25, -0.2) is 0 Å². The second-order valence-electron chi connectivity index (χ2n) is 5.32. The van der Waals surface area contributed by atoms with Crippen molar-refractivity contribution in [1.82, 2.24) is 25.9 Å². The highest BCUT2D eigenvalue weighted by Gasteiger charge is 2.29. The fourth-order valence-electron chi connectivity index (χ4n) is 2.73. The summed E-state index contributed by atoms with van der Waals surface area (Å²) < 4.78 is 5.69. The van der Waals surface area contributed by atoms with Gasteiger partial charge in [-0.15, -0.1) is 10.2 Å². The van der Waals surface area contributed by atoms with Gasteiger partial charge in [-0.2, -0.15) is 5.21 Å². The Balaban J connectivity index is 1.77. The van der Waals surface area contributed by atoms with Gasteiger partial charge < -0.3 is 10.1 Å². The van der Waals surface area contributed by atoms with Gasteiger partial charge in [0.25, 0.3) is 5.91 Å². The Kier molecular flexibility index (Phi) is 4.43. The van der Waals surface area contributed by atoms with E-state index in [0.717, 1.165) is 24.8 Å². The third-order valence-corrected chi connectivity index (χ3v) is 3.80. The maximum absolute atomic E-state index is 12.6. The van der Waals surface area contributed by atoms with E-state index in [1.807, 2.05) is 31.2 Å². The molecule has 2 heterocycles. The van der Waals surface area contributed by atoms with E-state index in [0.29, 0.717) is 12.4 Å². The Bertz CT molecular complexity index is 629. The zero-order chi connectivity index (χ0) is 15.4. The second kappa shape index (κ2) is 6.65. The van der Waals surface area contributed by atoms with Gasteiger partial charge in [-0.05, 0) is 24.0 Å². The number of aromatic nitrogens is 4. The predicted octanol–water partition coefficient (Wildman–Crippen LogP) is 1.47. The van der Waals surface area contributed by atoms with Crippen molar-refractivity contribution in [3.63, 3.8) is 0 Å². The molecule has 1 amide bonds. The number of carbonyl (C=O) groups is 1. The van der Waals surface area contributed by atoms with Crippen molar-refractivity contribution in [3.05, 3.63) is 41.2 Å². The molecule has 0 radical (unpaired) electrons. The number of carbonyl (C=O) groups excluding carboxylic acids is 1. The van der Waals surface area contributed by atoms with Gasteiger partial charge in [-0.3, -0.25) is 4.79 Å². The van der Waals surface area contributed by atoms with Crippen molar-refractivity contribution in [2.45, 2.75) is 38.3 Å². The molecule has 22 heavy (non-hydrogen) atoms. The lowest BCUT2D eigenvalue weighted by Crippen LogP contribution is -2.36.